The first-order valence-electron chi connectivity index (χ1n) is 6.07. The quantitative estimate of drug-likeness (QED) is 0.645. The molecule has 0 aliphatic rings. The first-order chi connectivity index (χ1) is 8.23. The van der Waals surface area contributed by atoms with E-state index < -0.39 is 23.1 Å². The van der Waals surface area contributed by atoms with Gasteiger partial charge in [0.05, 0.1) is 5.60 Å². The Kier molecular flexibility index (Phi) is 6.11. The summed E-state index contributed by atoms with van der Waals surface area (Å²) in [6.45, 7) is 7.43. The molecule has 0 aromatic carbocycles. The average Bonchev–Trinajstić information content (AvgIpc) is 2.33. The molecule has 6 heteroatoms. The Bertz CT molecular complexity index is 298. The van der Waals surface area contributed by atoms with Crippen LogP contribution in [-0.4, -0.2) is 41.9 Å². The summed E-state index contributed by atoms with van der Waals surface area (Å²) >= 11 is 0. The maximum atomic E-state index is 11.7. The highest BCUT2D eigenvalue weighted by molar-refractivity contribution is 5.86. The number of rotatable bonds is 7. The molecule has 0 bridgehead atoms. The van der Waals surface area contributed by atoms with Crippen molar-refractivity contribution in [1.82, 2.24) is 10.6 Å². The molecule has 3 N–H and O–H groups in total. The Morgan fingerprint density at radius 1 is 1.22 bits per heavy atom. The molecule has 0 saturated heterocycles. The third-order valence-electron chi connectivity index (χ3n) is 3.20. The van der Waals surface area contributed by atoms with E-state index in [0.29, 0.717) is 19.4 Å². The van der Waals surface area contributed by atoms with Crippen LogP contribution < -0.4 is 10.6 Å². The summed E-state index contributed by atoms with van der Waals surface area (Å²) in [5.74, 6) is -1.02. The molecular formula is C12H24N2O4. The van der Waals surface area contributed by atoms with E-state index >= 15 is 0 Å². The Hall–Kier alpha value is -1.30. The predicted molar refractivity (Wildman–Crippen MR) is 68.6 cm³/mol. The molecule has 0 heterocycles. The van der Waals surface area contributed by atoms with Crippen molar-refractivity contribution in [3.63, 3.8) is 0 Å². The second-order valence-corrected chi connectivity index (χ2v) is 4.87. The van der Waals surface area contributed by atoms with Gasteiger partial charge in [0, 0.05) is 13.7 Å². The lowest BCUT2D eigenvalue weighted by Crippen LogP contribution is -2.57. The van der Waals surface area contributed by atoms with Crippen LogP contribution in [0.5, 0.6) is 0 Å². The largest absolute Gasteiger partial charge is 0.480 e. The fourth-order valence-corrected chi connectivity index (χ4v) is 1.41. The summed E-state index contributed by atoms with van der Waals surface area (Å²) in [5, 5.41) is 14.3. The minimum Gasteiger partial charge on any atom is -0.480 e. The van der Waals surface area contributed by atoms with Crippen molar-refractivity contribution in [1.29, 1.82) is 0 Å². The Morgan fingerprint density at radius 2 is 1.72 bits per heavy atom. The molecule has 0 unspecified atom stereocenters. The number of ether oxygens (including phenoxy) is 1. The van der Waals surface area contributed by atoms with Crippen LogP contribution >= 0.6 is 0 Å². The van der Waals surface area contributed by atoms with Crippen molar-refractivity contribution in [3.05, 3.63) is 0 Å². The number of carboxylic acid groups (broad SMARTS) is 1. The molecule has 2 amide bonds. The lowest BCUT2D eigenvalue weighted by atomic mass is 9.93. The molecule has 0 rings (SSSR count). The lowest BCUT2D eigenvalue weighted by molar-refractivity contribution is -0.144. The Balaban J connectivity index is 4.50. The van der Waals surface area contributed by atoms with Crippen LogP contribution in [-0.2, 0) is 9.53 Å². The van der Waals surface area contributed by atoms with Crippen molar-refractivity contribution in [2.75, 3.05) is 13.7 Å². The lowest BCUT2D eigenvalue weighted by Gasteiger charge is -2.29. The molecule has 106 valence electrons. The zero-order chi connectivity index (χ0) is 14.4. The number of aliphatic carboxylic acids is 1. The number of hydrogen-bond donors (Lipinski definition) is 3. The van der Waals surface area contributed by atoms with Gasteiger partial charge in [-0.05, 0) is 26.7 Å². The maximum Gasteiger partial charge on any atom is 0.329 e. The smallest absolute Gasteiger partial charge is 0.329 e. The van der Waals surface area contributed by atoms with E-state index in [0.717, 1.165) is 0 Å². The van der Waals surface area contributed by atoms with Crippen molar-refractivity contribution < 1.29 is 19.4 Å². The van der Waals surface area contributed by atoms with Crippen molar-refractivity contribution >= 4 is 12.0 Å². The summed E-state index contributed by atoms with van der Waals surface area (Å²) in [5.41, 5.74) is -1.69. The van der Waals surface area contributed by atoms with Gasteiger partial charge >= 0.3 is 12.0 Å². The van der Waals surface area contributed by atoms with E-state index in [1.807, 2.05) is 13.8 Å². The first-order valence-corrected chi connectivity index (χ1v) is 6.07. The highest BCUT2D eigenvalue weighted by atomic mass is 16.5. The standard InChI is InChI=1S/C12H24N2O4/c1-6-12(7-2,9(15)16)14-10(17)13-8-11(3,4)18-5/h6-8H2,1-5H3,(H,15,16)(H2,13,14,17). The third kappa shape index (κ3) is 4.52. The van der Waals surface area contributed by atoms with Gasteiger partial charge < -0.3 is 20.5 Å². The van der Waals surface area contributed by atoms with Crippen LogP contribution in [0.15, 0.2) is 0 Å². The molecule has 0 aromatic heterocycles. The maximum absolute atomic E-state index is 11.7. The van der Waals surface area contributed by atoms with Gasteiger partial charge in [-0.1, -0.05) is 13.8 Å². The minimum absolute atomic E-state index is 0.304. The van der Waals surface area contributed by atoms with Gasteiger partial charge in [0.25, 0.3) is 0 Å². The van der Waals surface area contributed by atoms with Gasteiger partial charge in [0.2, 0.25) is 0 Å². The Labute approximate surface area is 108 Å². The number of carbonyl (C=O) groups excluding carboxylic acids is 1. The van der Waals surface area contributed by atoms with Gasteiger partial charge in [0.15, 0.2) is 0 Å². The van der Waals surface area contributed by atoms with Crippen LogP contribution in [0.1, 0.15) is 40.5 Å². The highest BCUT2D eigenvalue weighted by Crippen LogP contribution is 2.15. The van der Waals surface area contributed by atoms with E-state index in [1.54, 1.807) is 21.0 Å². The summed E-state index contributed by atoms with van der Waals surface area (Å²) < 4.78 is 5.16. The van der Waals surface area contributed by atoms with Gasteiger partial charge in [-0.25, -0.2) is 9.59 Å². The van der Waals surface area contributed by atoms with Crippen LogP contribution in [0.3, 0.4) is 0 Å². The zero-order valence-corrected chi connectivity index (χ0v) is 11.8. The van der Waals surface area contributed by atoms with Gasteiger partial charge in [-0.15, -0.1) is 0 Å². The summed E-state index contributed by atoms with van der Waals surface area (Å²) in [7, 11) is 1.55. The fourth-order valence-electron chi connectivity index (χ4n) is 1.41. The van der Waals surface area contributed by atoms with E-state index in [1.165, 1.54) is 0 Å². The second-order valence-electron chi connectivity index (χ2n) is 4.87. The topological polar surface area (TPSA) is 87.7 Å². The molecular weight excluding hydrogens is 236 g/mol. The number of carbonyl (C=O) groups is 2. The van der Waals surface area contributed by atoms with E-state index in [9.17, 15) is 14.7 Å². The van der Waals surface area contributed by atoms with Gasteiger partial charge in [0.1, 0.15) is 5.54 Å². The summed E-state index contributed by atoms with van der Waals surface area (Å²) in [6.07, 6.45) is 0.667. The average molecular weight is 260 g/mol. The highest BCUT2D eigenvalue weighted by Gasteiger charge is 2.36. The predicted octanol–water partition coefficient (Wildman–Crippen LogP) is 1.35. The second kappa shape index (κ2) is 6.58. The number of carboxylic acids is 1. The van der Waals surface area contributed by atoms with Crippen LogP contribution in [0, 0.1) is 0 Å². The molecule has 0 radical (unpaired) electrons. The molecule has 0 saturated carbocycles. The number of methoxy groups -OCH3 is 1. The SMILES string of the molecule is CCC(CC)(NC(=O)NCC(C)(C)OC)C(=O)O. The summed E-state index contributed by atoms with van der Waals surface area (Å²) in [4.78, 5) is 22.9. The fraction of sp³-hybridized carbons (Fsp3) is 0.833. The minimum atomic E-state index is -1.21. The molecule has 6 nitrogen and oxygen atoms in total. The van der Waals surface area contributed by atoms with E-state index in [4.69, 9.17) is 4.74 Å². The molecule has 0 aromatic rings. The molecule has 0 atom stereocenters. The van der Waals surface area contributed by atoms with Gasteiger partial charge in [-0.2, -0.15) is 0 Å². The van der Waals surface area contributed by atoms with Gasteiger partial charge in [-0.3, -0.25) is 0 Å². The molecule has 0 fully saturated rings. The number of urea groups is 1. The molecule has 0 spiro atoms. The van der Waals surface area contributed by atoms with Crippen molar-refractivity contribution in [3.8, 4) is 0 Å². The van der Waals surface area contributed by atoms with Crippen molar-refractivity contribution in [2.24, 2.45) is 0 Å². The zero-order valence-electron chi connectivity index (χ0n) is 11.8. The van der Waals surface area contributed by atoms with Crippen molar-refractivity contribution in [2.45, 2.75) is 51.7 Å². The molecule has 18 heavy (non-hydrogen) atoms. The monoisotopic (exact) mass is 260 g/mol. The number of nitrogens with one attached hydrogen (secondary N) is 2. The molecule has 0 aliphatic carbocycles. The molecule has 0 aliphatic heterocycles. The van der Waals surface area contributed by atoms with Crippen LogP contribution in [0.25, 0.3) is 0 Å². The first kappa shape index (κ1) is 16.7. The number of hydrogen-bond acceptors (Lipinski definition) is 3. The van der Waals surface area contributed by atoms with Crippen LogP contribution in [0.2, 0.25) is 0 Å². The normalized spacial score (nSPS) is 12.1. The van der Waals surface area contributed by atoms with E-state index in [-0.39, 0.29) is 0 Å². The van der Waals surface area contributed by atoms with E-state index in [2.05, 4.69) is 10.6 Å². The third-order valence-corrected chi connectivity index (χ3v) is 3.20. The number of amides is 2. The summed E-state index contributed by atoms with van der Waals surface area (Å²) in [6, 6.07) is -0.494. The Morgan fingerprint density at radius 3 is 2.06 bits per heavy atom. The van der Waals surface area contributed by atoms with Crippen LogP contribution in [0.4, 0.5) is 4.79 Å².